The number of anilines is 1. The van der Waals surface area contributed by atoms with Crippen LogP contribution in [-0.4, -0.2) is 39.7 Å². The molecule has 2 aromatic carbocycles. The van der Waals surface area contributed by atoms with Crippen LogP contribution in [0.25, 0.3) is 11.4 Å². The number of carbonyl (C=O) groups excluding carboxylic acids is 1. The predicted molar refractivity (Wildman–Crippen MR) is 112 cm³/mol. The zero-order valence-corrected chi connectivity index (χ0v) is 17.2. The lowest BCUT2D eigenvalue weighted by Gasteiger charge is -2.18. The molecular formula is C18H15Cl2N5O3S. The summed E-state index contributed by atoms with van der Waals surface area (Å²) in [5.41, 5.74) is 1.21. The van der Waals surface area contributed by atoms with E-state index >= 15 is 0 Å². The molecule has 1 aromatic heterocycles. The van der Waals surface area contributed by atoms with E-state index in [4.69, 9.17) is 38.5 Å². The molecule has 0 saturated carbocycles. The van der Waals surface area contributed by atoms with Gasteiger partial charge in [-0.2, -0.15) is 0 Å². The highest BCUT2D eigenvalue weighted by Gasteiger charge is 2.17. The highest BCUT2D eigenvalue weighted by atomic mass is 35.5. The van der Waals surface area contributed by atoms with Gasteiger partial charge in [-0.1, -0.05) is 35.0 Å². The van der Waals surface area contributed by atoms with Gasteiger partial charge in [0.25, 0.3) is 0 Å². The molecule has 150 valence electrons. The van der Waals surface area contributed by atoms with Crippen LogP contribution in [0.15, 0.2) is 41.6 Å². The van der Waals surface area contributed by atoms with Crippen molar-refractivity contribution in [3.63, 3.8) is 0 Å². The van der Waals surface area contributed by atoms with Crippen LogP contribution in [0.5, 0.6) is 11.5 Å². The van der Waals surface area contributed by atoms with Gasteiger partial charge in [-0.3, -0.25) is 4.79 Å². The highest BCUT2D eigenvalue weighted by molar-refractivity contribution is 7.99. The number of nitrogens with one attached hydrogen (secondary N) is 1. The Morgan fingerprint density at radius 2 is 1.93 bits per heavy atom. The fraction of sp³-hybridized carbons (Fsp3) is 0.167. The lowest BCUT2D eigenvalue weighted by Crippen LogP contribution is -2.18. The molecule has 3 aromatic rings. The molecule has 1 aliphatic heterocycles. The van der Waals surface area contributed by atoms with Crippen molar-refractivity contribution in [2.75, 3.05) is 30.1 Å². The molecule has 1 amide bonds. The van der Waals surface area contributed by atoms with E-state index in [1.54, 1.807) is 36.4 Å². The summed E-state index contributed by atoms with van der Waals surface area (Å²) in [5.74, 6) is 7.59. The zero-order valence-electron chi connectivity index (χ0n) is 14.9. The largest absolute Gasteiger partial charge is 0.486 e. The number of carbonyl (C=O) groups is 1. The molecule has 0 atom stereocenters. The summed E-state index contributed by atoms with van der Waals surface area (Å²) in [6.07, 6.45) is 0. The van der Waals surface area contributed by atoms with Crippen molar-refractivity contribution >= 4 is 46.6 Å². The van der Waals surface area contributed by atoms with Crippen LogP contribution in [-0.2, 0) is 4.79 Å². The number of hydrogen-bond donors (Lipinski definition) is 2. The molecule has 0 bridgehead atoms. The normalized spacial score (nSPS) is 12.6. The van der Waals surface area contributed by atoms with Crippen molar-refractivity contribution in [3.05, 3.63) is 46.4 Å². The molecule has 0 radical (unpaired) electrons. The fourth-order valence-corrected chi connectivity index (χ4v) is 3.83. The third-order valence-corrected chi connectivity index (χ3v) is 5.49. The molecular weight excluding hydrogens is 437 g/mol. The second kappa shape index (κ2) is 8.40. The Morgan fingerprint density at radius 3 is 2.72 bits per heavy atom. The van der Waals surface area contributed by atoms with Crippen LogP contribution in [0.2, 0.25) is 10.0 Å². The minimum Gasteiger partial charge on any atom is -0.486 e. The Labute approximate surface area is 180 Å². The van der Waals surface area contributed by atoms with E-state index in [1.807, 2.05) is 0 Å². The summed E-state index contributed by atoms with van der Waals surface area (Å²) >= 11 is 13.3. The summed E-state index contributed by atoms with van der Waals surface area (Å²) in [6.45, 7) is 0.991. The van der Waals surface area contributed by atoms with E-state index in [0.717, 1.165) is 11.8 Å². The number of ether oxygens (including phenoxy) is 2. The van der Waals surface area contributed by atoms with Crippen LogP contribution in [0.3, 0.4) is 0 Å². The van der Waals surface area contributed by atoms with Gasteiger partial charge >= 0.3 is 0 Å². The summed E-state index contributed by atoms with van der Waals surface area (Å²) in [7, 11) is 0. The number of nitrogen functional groups attached to an aromatic ring is 1. The van der Waals surface area contributed by atoms with Crippen molar-refractivity contribution in [1.29, 1.82) is 0 Å². The quantitative estimate of drug-likeness (QED) is 0.451. The smallest absolute Gasteiger partial charge is 0.234 e. The molecule has 3 N–H and O–H groups in total. The fourth-order valence-electron chi connectivity index (χ4n) is 2.68. The Bertz CT molecular complexity index is 1080. The van der Waals surface area contributed by atoms with Crippen LogP contribution in [0, 0.1) is 0 Å². The van der Waals surface area contributed by atoms with Gasteiger partial charge in [-0.25, -0.2) is 4.68 Å². The van der Waals surface area contributed by atoms with E-state index in [-0.39, 0.29) is 11.7 Å². The summed E-state index contributed by atoms with van der Waals surface area (Å²) < 4.78 is 12.3. The third-order valence-electron chi connectivity index (χ3n) is 3.99. The highest BCUT2D eigenvalue weighted by Crippen LogP contribution is 2.33. The molecule has 0 spiro atoms. The van der Waals surface area contributed by atoms with Crippen molar-refractivity contribution in [3.8, 4) is 22.9 Å². The number of fused-ring (bicyclic) bond motifs is 1. The maximum absolute atomic E-state index is 12.3. The van der Waals surface area contributed by atoms with E-state index in [1.165, 1.54) is 4.68 Å². The molecule has 0 aliphatic carbocycles. The molecule has 0 fully saturated rings. The van der Waals surface area contributed by atoms with Gasteiger partial charge in [-0.05, 0) is 30.3 Å². The SMILES string of the molecule is Nn1c(SCC(=O)Nc2ccc3c(c2)OCCO3)nnc1-c1ccc(Cl)cc1Cl. The van der Waals surface area contributed by atoms with Gasteiger partial charge in [0.1, 0.15) is 13.2 Å². The minimum atomic E-state index is -0.222. The number of hydrogen-bond acceptors (Lipinski definition) is 7. The number of amides is 1. The first kappa shape index (κ1) is 19.7. The second-order valence-corrected chi connectivity index (χ2v) is 7.78. The summed E-state index contributed by atoms with van der Waals surface area (Å²) in [6, 6.07) is 10.2. The number of aromatic nitrogens is 3. The maximum atomic E-state index is 12.3. The Kier molecular flexibility index (Phi) is 5.70. The molecule has 11 heteroatoms. The first-order valence-electron chi connectivity index (χ1n) is 8.49. The van der Waals surface area contributed by atoms with E-state index in [0.29, 0.717) is 57.0 Å². The molecule has 2 heterocycles. The number of nitrogens with two attached hydrogens (primary N) is 1. The van der Waals surface area contributed by atoms with Gasteiger partial charge in [0.05, 0.1) is 10.8 Å². The lowest BCUT2D eigenvalue weighted by atomic mass is 10.2. The van der Waals surface area contributed by atoms with E-state index in [9.17, 15) is 4.79 Å². The first-order valence-corrected chi connectivity index (χ1v) is 10.2. The van der Waals surface area contributed by atoms with Gasteiger partial charge in [0.15, 0.2) is 17.3 Å². The standard InChI is InChI=1S/C18H15Cl2N5O3S/c19-10-1-3-12(13(20)7-10)17-23-24-18(25(17)21)29-9-16(26)22-11-2-4-14-15(8-11)28-6-5-27-14/h1-4,7-8H,5-6,9,21H2,(H,22,26). The zero-order chi connectivity index (χ0) is 20.4. The number of benzene rings is 2. The van der Waals surface area contributed by atoms with Crippen LogP contribution >= 0.6 is 35.0 Å². The average Bonchev–Trinajstić information content (AvgIpc) is 3.06. The molecule has 1 aliphatic rings. The molecule has 29 heavy (non-hydrogen) atoms. The van der Waals surface area contributed by atoms with Crippen molar-refractivity contribution < 1.29 is 14.3 Å². The van der Waals surface area contributed by atoms with Crippen molar-refractivity contribution in [2.24, 2.45) is 0 Å². The third kappa shape index (κ3) is 4.36. The first-order chi connectivity index (χ1) is 14.0. The Morgan fingerprint density at radius 1 is 1.14 bits per heavy atom. The summed E-state index contributed by atoms with van der Waals surface area (Å²) in [5, 5.41) is 12.2. The van der Waals surface area contributed by atoms with Crippen LogP contribution < -0.4 is 20.6 Å². The molecule has 8 nitrogen and oxygen atoms in total. The van der Waals surface area contributed by atoms with Gasteiger partial charge in [0, 0.05) is 22.3 Å². The van der Waals surface area contributed by atoms with Crippen molar-refractivity contribution in [1.82, 2.24) is 14.9 Å². The second-order valence-electron chi connectivity index (χ2n) is 6.00. The maximum Gasteiger partial charge on any atom is 0.234 e. The number of nitrogens with zero attached hydrogens (tertiary/aromatic N) is 3. The van der Waals surface area contributed by atoms with Gasteiger partial charge in [0.2, 0.25) is 11.1 Å². The van der Waals surface area contributed by atoms with E-state index in [2.05, 4.69) is 15.5 Å². The molecule has 0 saturated heterocycles. The average molecular weight is 452 g/mol. The van der Waals surface area contributed by atoms with Crippen LogP contribution in [0.4, 0.5) is 5.69 Å². The van der Waals surface area contributed by atoms with Crippen LogP contribution in [0.1, 0.15) is 0 Å². The minimum absolute atomic E-state index is 0.0954. The number of rotatable bonds is 5. The topological polar surface area (TPSA) is 104 Å². The lowest BCUT2D eigenvalue weighted by molar-refractivity contribution is -0.113. The summed E-state index contributed by atoms with van der Waals surface area (Å²) in [4.78, 5) is 12.3. The van der Waals surface area contributed by atoms with Crippen molar-refractivity contribution in [2.45, 2.75) is 5.16 Å². The molecule has 4 rings (SSSR count). The molecule has 0 unspecified atom stereocenters. The number of thioether (sulfide) groups is 1. The van der Waals surface area contributed by atoms with Gasteiger partial charge in [-0.15, -0.1) is 10.2 Å². The predicted octanol–water partition coefficient (Wildman–Crippen LogP) is 3.47. The number of halogens is 2. The monoisotopic (exact) mass is 451 g/mol. The van der Waals surface area contributed by atoms with Gasteiger partial charge < -0.3 is 20.6 Å². The Balaban J connectivity index is 1.40. The van der Waals surface area contributed by atoms with E-state index < -0.39 is 0 Å². The Hall–Kier alpha value is -2.62.